The number of carbonyl (C=O) groups excluding carboxylic acids is 1. The first-order valence-electron chi connectivity index (χ1n) is 10.8. The number of imidazole rings is 1. The summed E-state index contributed by atoms with van der Waals surface area (Å²) in [7, 11) is 0. The Morgan fingerprint density at radius 2 is 1.94 bits per heavy atom. The van der Waals surface area contributed by atoms with Gasteiger partial charge in [-0.2, -0.15) is 0 Å². The van der Waals surface area contributed by atoms with Crippen molar-refractivity contribution in [2.75, 3.05) is 5.32 Å². The van der Waals surface area contributed by atoms with Gasteiger partial charge in [-0.3, -0.25) is 14.9 Å². The van der Waals surface area contributed by atoms with Crippen molar-refractivity contribution in [2.45, 2.75) is 65.8 Å². The first-order valence-corrected chi connectivity index (χ1v) is 10.8. The molecule has 0 atom stereocenters. The van der Waals surface area contributed by atoms with Gasteiger partial charge in [0.2, 0.25) is 5.91 Å². The highest BCUT2D eigenvalue weighted by Crippen LogP contribution is 2.24. The van der Waals surface area contributed by atoms with E-state index >= 15 is 0 Å². The number of nitrogens with one attached hydrogen (secondary N) is 1. The SMILES string of the molecule is CCCCC(=O)Nc1cc2nc(CCCC)n(Cc3cccc([N+](=O)[O-])c3)c2nc1C. The number of carbonyl (C=O) groups is 1. The number of aromatic nitrogens is 3. The van der Waals surface area contributed by atoms with E-state index in [4.69, 9.17) is 9.97 Å². The molecule has 0 unspecified atom stereocenters. The molecule has 0 saturated carbocycles. The summed E-state index contributed by atoms with van der Waals surface area (Å²) in [6.07, 6.45) is 5.10. The van der Waals surface area contributed by atoms with E-state index in [1.54, 1.807) is 12.1 Å². The summed E-state index contributed by atoms with van der Waals surface area (Å²) in [4.78, 5) is 32.5. The molecule has 164 valence electrons. The zero-order valence-electron chi connectivity index (χ0n) is 18.4. The van der Waals surface area contributed by atoms with Gasteiger partial charge in [-0.25, -0.2) is 9.97 Å². The van der Waals surface area contributed by atoms with Crippen LogP contribution in [0.2, 0.25) is 0 Å². The Kier molecular flexibility index (Phi) is 7.33. The fourth-order valence-electron chi connectivity index (χ4n) is 3.50. The van der Waals surface area contributed by atoms with Gasteiger partial charge in [0.05, 0.1) is 22.8 Å². The highest BCUT2D eigenvalue weighted by Gasteiger charge is 2.16. The first-order chi connectivity index (χ1) is 14.9. The first kappa shape index (κ1) is 22.4. The molecular formula is C23H29N5O3. The van der Waals surface area contributed by atoms with Crippen LogP contribution in [0.4, 0.5) is 11.4 Å². The smallest absolute Gasteiger partial charge is 0.269 e. The Bertz CT molecular complexity index is 1090. The van der Waals surface area contributed by atoms with E-state index in [2.05, 4.69) is 19.2 Å². The van der Waals surface area contributed by atoms with Crippen molar-refractivity contribution < 1.29 is 9.72 Å². The highest BCUT2D eigenvalue weighted by molar-refractivity contribution is 5.93. The van der Waals surface area contributed by atoms with Gasteiger partial charge < -0.3 is 9.88 Å². The highest BCUT2D eigenvalue weighted by atomic mass is 16.6. The number of non-ortho nitro benzene ring substituents is 1. The van der Waals surface area contributed by atoms with E-state index in [1.165, 1.54) is 6.07 Å². The average Bonchev–Trinajstić information content (AvgIpc) is 3.07. The van der Waals surface area contributed by atoms with Gasteiger partial charge in [0.15, 0.2) is 5.65 Å². The molecule has 3 aromatic rings. The minimum Gasteiger partial charge on any atom is -0.324 e. The second-order valence-electron chi connectivity index (χ2n) is 7.76. The Labute approximate surface area is 181 Å². The van der Waals surface area contributed by atoms with Crippen LogP contribution >= 0.6 is 0 Å². The number of fused-ring (bicyclic) bond motifs is 1. The molecule has 1 N–H and O–H groups in total. The van der Waals surface area contributed by atoms with Gasteiger partial charge in [0, 0.05) is 25.0 Å². The summed E-state index contributed by atoms with van der Waals surface area (Å²) in [5.41, 5.74) is 3.73. The number of benzene rings is 1. The maximum absolute atomic E-state index is 12.2. The Morgan fingerprint density at radius 3 is 2.65 bits per heavy atom. The van der Waals surface area contributed by atoms with Gasteiger partial charge >= 0.3 is 0 Å². The fraction of sp³-hybridized carbons (Fsp3) is 0.435. The van der Waals surface area contributed by atoms with E-state index in [0.29, 0.717) is 24.2 Å². The maximum Gasteiger partial charge on any atom is 0.269 e. The summed E-state index contributed by atoms with van der Waals surface area (Å²) in [5.74, 6) is 0.873. The average molecular weight is 424 g/mol. The molecule has 2 heterocycles. The van der Waals surface area contributed by atoms with E-state index in [-0.39, 0.29) is 16.5 Å². The molecule has 1 aromatic carbocycles. The van der Waals surface area contributed by atoms with Gasteiger partial charge in [-0.1, -0.05) is 38.8 Å². The number of nitro benzene ring substituents is 1. The molecule has 0 aliphatic rings. The fourth-order valence-corrected chi connectivity index (χ4v) is 3.50. The Balaban J connectivity index is 1.98. The third-order valence-electron chi connectivity index (χ3n) is 5.24. The summed E-state index contributed by atoms with van der Waals surface area (Å²) in [5, 5.41) is 14.1. The van der Waals surface area contributed by atoms with Gasteiger partial charge in [-0.15, -0.1) is 0 Å². The van der Waals surface area contributed by atoms with Gasteiger partial charge in [0.25, 0.3) is 5.69 Å². The summed E-state index contributed by atoms with van der Waals surface area (Å²) in [6.45, 7) is 6.50. The van der Waals surface area contributed by atoms with E-state index in [1.807, 2.05) is 23.6 Å². The number of hydrogen-bond donors (Lipinski definition) is 1. The second-order valence-corrected chi connectivity index (χ2v) is 7.76. The number of anilines is 1. The molecular weight excluding hydrogens is 394 g/mol. The number of aryl methyl sites for hydroxylation is 2. The molecule has 0 spiro atoms. The molecule has 8 nitrogen and oxygen atoms in total. The largest absolute Gasteiger partial charge is 0.324 e. The topological polar surface area (TPSA) is 103 Å². The summed E-state index contributed by atoms with van der Waals surface area (Å²) >= 11 is 0. The van der Waals surface area contributed by atoms with Crippen LogP contribution in [0.3, 0.4) is 0 Å². The molecule has 1 amide bonds. The molecule has 0 fully saturated rings. The number of amides is 1. The Hall–Kier alpha value is -3.29. The lowest BCUT2D eigenvalue weighted by atomic mass is 10.2. The molecule has 0 aliphatic carbocycles. The lowest BCUT2D eigenvalue weighted by molar-refractivity contribution is -0.384. The van der Waals surface area contributed by atoms with Crippen LogP contribution in [0, 0.1) is 17.0 Å². The molecule has 0 bridgehead atoms. The predicted octanol–water partition coefficient (Wildman–Crippen LogP) is 5.17. The molecule has 0 saturated heterocycles. The van der Waals surface area contributed by atoms with Crippen molar-refractivity contribution in [2.24, 2.45) is 0 Å². The molecule has 8 heteroatoms. The van der Waals surface area contributed by atoms with Crippen molar-refractivity contribution in [1.29, 1.82) is 0 Å². The minimum absolute atomic E-state index is 0.0201. The minimum atomic E-state index is -0.386. The van der Waals surface area contributed by atoms with Crippen molar-refractivity contribution in [3.63, 3.8) is 0 Å². The zero-order chi connectivity index (χ0) is 22.4. The second kappa shape index (κ2) is 10.1. The lowest BCUT2D eigenvalue weighted by Crippen LogP contribution is -2.13. The van der Waals surface area contributed by atoms with Crippen LogP contribution in [0.1, 0.15) is 63.0 Å². The van der Waals surface area contributed by atoms with Crippen LogP contribution in [-0.4, -0.2) is 25.4 Å². The van der Waals surface area contributed by atoms with Gasteiger partial charge in [-0.05, 0) is 31.4 Å². The normalized spacial score (nSPS) is 11.1. The van der Waals surface area contributed by atoms with Crippen molar-refractivity contribution in [1.82, 2.24) is 14.5 Å². The predicted molar refractivity (Wildman–Crippen MR) is 121 cm³/mol. The lowest BCUT2D eigenvalue weighted by Gasteiger charge is -2.11. The van der Waals surface area contributed by atoms with Crippen molar-refractivity contribution in [3.05, 3.63) is 57.5 Å². The Morgan fingerprint density at radius 1 is 1.16 bits per heavy atom. The number of nitro groups is 1. The van der Waals surface area contributed by atoms with Crippen molar-refractivity contribution in [3.8, 4) is 0 Å². The zero-order valence-corrected chi connectivity index (χ0v) is 18.4. The van der Waals surface area contributed by atoms with E-state index in [9.17, 15) is 14.9 Å². The standard InChI is InChI=1S/C23H29N5O3/c1-4-6-11-21-25-20-14-19(26-22(29)12-7-5-2)16(3)24-23(20)27(21)15-17-9-8-10-18(13-17)28(30)31/h8-10,13-14H,4-7,11-12,15H2,1-3H3,(H,26,29). The number of nitrogens with zero attached hydrogens (tertiary/aromatic N) is 4. The number of unbranched alkanes of at least 4 members (excludes halogenated alkanes) is 2. The number of hydrogen-bond acceptors (Lipinski definition) is 5. The molecule has 0 aliphatic heterocycles. The van der Waals surface area contributed by atoms with Crippen LogP contribution in [0.15, 0.2) is 30.3 Å². The van der Waals surface area contributed by atoms with E-state index < -0.39 is 0 Å². The third kappa shape index (κ3) is 5.45. The van der Waals surface area contributed by atoms with Crippen LogP contribution in [0.5, 0.6) is 0 Å². The van der Waals surface area contributed by atoms with Crippen LogP contribution in [-0.2, 0) is 17.8 Å². The summed E-state index contributed by atoms with van der Waals surface area (Å²) in [6, 6.07) is 8.52. The quantitative estimate of drug-likeness (QED) is 0.358. The molecule has 0 radical (unpaired) electrons. The summed E-state index contributed by atoms with van der Waals surface area (Å²) < 4.78 is 2.03. The maximum atomic E-state index is 12.2. The monoisotopic (exact) mass is 423 g/mol. The van der Waals surface area contributed by atoms with E-state index in [0.717, 1.165) is 54.8 Å². The number of rotatable bonds is 10. The molecule has 3 rings (SSSR count). The molecule has 2 aromatic heterocycles. The van der Waals surface area contributed by atoms with Crippen LogP contribution in [0.25, 0.3) is 11.2 Å². The number of pyridine rings is 1. The van der Waals surface area contributed by atoms with Gasteiger partial charge in [0.1, 0.15) is 11.3 Å². The van der Waals surface area contributed by atoms with Crippen LogP contribution < -0.4 is 5.32 Å². The third-order valence-corrected chi connectivity index (χ3v) is 5.24. The van der Waals surface area contributed by atoms with Crippen molar-refractivity contribution >= 4 is 28.4 Å². The molecule has 31 heavy (non-hydrogen) atoms.